The number of allylic oxidation sites excluding steroid dienone is 2. The Morgan fingerprint density at radius 1 is 0.956 bits per heavy atom. The molecule has 0 spiro atoms. The first-order valence-corrected chi connectivity index (χ1v) is 16.0. The van der Waals surface area contributed by atoms with Gasteiger partial charge < -0.3 is 9.84 Å². The lowest BCUT2D eigenvalue weighted by Crippen LogP contribution is -2.48. The van der Waals surface area contributed by atoms with Crippen LogP contribution in [0.2, 0.25) is 5.02 Å². The molecule has 0 aromatic heterocycles. The molecular weight excluding hydrogens is 714 g/mol. The molecule has 230 valence electrons. The predicted molar refractivity (Wildman–Crippen MR) is 172 cm³/mol. The summed E-state index contributed by atoms with van der Waals surface area (Å²) in [6.45, 7) is 1.75. The summed E-state index contributed by atoms with van der Waals surface area (Å²) in [4.78, 5) is 59.0. The summed E-state index contributed by atoms with van der Waals surface area (Å²) in [7, 11) is 1.43. The topological polar surface area (TPSA) is 104 Å². The van der Waals surface area contributed by atoms with Crippen LogP contribution in [0.4, 0.5) is 15.8 Å². The quantitative estimate of drug-likeness (QED) is 0.193. The Morgan fingerprint density at radius 2 is 1.69 bits per heavy atom. The average molecular weight is 741 g/mol. The van der Waals surface area contributed by atoms with Crippen LogP contribution in [-0.4, -0.2) is 35.8 Å². The highest BCUT2D eigenvalue weighted by molar-refractivity contribution is 14.1. The molecule has 4 amide bonds. The molecule has 3 fully saturated rings. The van der Waals surface area contributed by atoms with Crippen molar-refractivity contribution < 1.29 is 33.4 Å². The maximum atomic E-state index is 14.5. The molecule has 0 unspecified atom stereocenters. The molecule has 2 saturated heterocycles. The second kappa shape index (κ2) is 10.7. The monoisotopic (exact) mass is 740 g/mol. The zero-order chi connectivity index (χ0) is 31.9. The fourth-order valence-electron chi connectivity index (χ4n) is 8.01. The van der Waals surface area contributed by atoms with E-state index in [2.05, 4.69) is 0 Å². The fraction of sp³-hybridized carbons (Fsp3) is 0.294. The molecule has 45 heavy (non-hydrogen) atoms. The summed E-state index contributed by atoms with van der Waals surface area (Å²) in [5.41, 5.74) is 0.761. The van der Waals surface area contributed by atoms with Gasteiger partial charge in [-0.05, 0) is 96.3 Å². The number of aromatic hydroxyl groups is 1. The highest BCUT2D eigenvalue weighted by Gasteiger charge is 2.67. The predicted octanol–water partition coefficient (Wildman–Crippen LogP) is 6.23. The molecule has 3 aromatic carbocycles. The van der Waals surface area contributed by atoms with Gasteiger partial charge in [-0.1, -0.05) is 41.4 Å². The number of rotatable bonds is 4. The Kier molecular flexibility index (Phi) is 7.08. The molecule has 11 heteroatoms. The van der Waals surface area contributed by atoms with Crippen molar-refractivity contribution in [3.8, 4) is 11.5 Å². The normalized spacial score (nSPS) is 29.0. The summed E-state index contributed by atoms with van der Waals surface area (Å²) in [6, 6.07) is 15.9. The molecular formula is C34H27ClFIN2O6. The number of fused-ring (bicyclic) bond motifs is 4. The lowest BCUT2D eigenvalue weighted by Gasteiger charge is -2.49. The number of ether oxygens (including phenoxy) is 1. The number of imide groups is 2. The molecule has 8 nitrogen and oxygen atoms in total. The van der Waals surface area contributed by atoms with Gasteiger partial charge in [0, 0.05) is 5.92 Å². The Morgan fingerprint density at radius 3 is 2.38 bits per heavy atom. The zero-order valence-electron chi connectivity index (χ0n) is 24.2. The van der Waals surface area contributed by atoms with Gasteiger partial charge >= 0.3 is 0 Å². The summed E-state index contributed by atoms with van der Waals surface area (Å²) in [6.07, 6.45) is 2.43. The van der Waals surface area contributed by atoms with Crippen molar-refractivity contribution in [2.45, 2.75) is 25.7 Å². The number of carbonyl (C=O) groups is 4. The van der Waals surface area contributed by atoms with E-state index in [9.17, 15) is 28.7 Å². The molecule has 7 rings (SSSR count). The third-order valence-electron chi connectivity index (χ3n) is 10.1. The van der Waals surface area contributed by atoms with Crippen LogP contribution in [-0.2, 0) is 19.2 Å². The standard InChI is InChI=1S/C34H27ClFIN2O6/c1-34-22(31(42)39(33(34)44)18-8-11-24(36)23(35)14-18)15-21-19(28(34)16-12-25(37)29(40)26(13-16)45-2)9-10-20-27(21)32(43)38(30(20)41)17-6-4-3-5-7-17/h3-9,11-14,20-22,27-28,40H,10,15H2,1-2H3/t20-,21+,22-,27-,28-,34+/m0/s1. The average Bonchev–Trinajstić information content (AvgIpc) is 3.39. The van der Waals surface area contributed by atoms with Crippen LogP contribution in [0.5, 0.6) is 11.5 Å². The SMILES string of the molecule is COc1cc([C@H]2C3=CC[C@@H]4C(=O)N(c5ccccc5)C(=O)[C@@H]4[C@@H]3C[C@H]3C(=O)N(c4ccc(F)c(Cl)c4)C(=O)[C@@]23C)cc(I)c1O. The number of anilines is 2. The Labute approximate surface area is 276 Å². The van der Waals surface area contributed by atoms with E-state index in [-0.39, 0.29) is 40.4 Å². The number of nitrogens with zero attached hydrogens (tertiary/aromatic N) is 2. The molecule has 0 radical (unpaired) electrons. The first-order chi connectivity index (χ1) is 21.5. The molecule has 2 heterocycles. The summed E-state index contributed by atoms with van der Waals surface area (Å²) in [5, 5.41) is 10.4. The molecule has 1 N–H and O–H groups in total. The Bertz CT molecular complexity index is 1850. The van der Waals surface area contributed by atoms with E-state index in [1.54, 1.807) is 43.3 Å². The van der Waals surface area contributed by atoms with Crippen LogP contribution in [0.1, 0.15) is 31.2 Å². The highest BCUT2D eigenvalue weighted by Crippen LogP contribution is 2.64. The van der Waals surface area contributed by atoms with Crippen molar-refractivity contribution in [3.05, 3.63) is 92.3 Å². The fourth-order valence-corrected chi connectivity index (χ4v) is 8.81. The minimum atomic E-state index is -1.32. The van der Waals surface area contributed by atoms with E-state index in [0.29, 0.717) is 21.2 Å². The van der Waals surface area contributed by atoms with E-state index in [4.69, 9.17) is 16.3 Å². The number of carbonyl (C=O) groups excluding carboxylic acids is 4. The van der Waals surface area contributed by atoms with Crippen LogP contribution >= 0.6 is 34.2 Å². The largest absolute Gasteiger partial charge is 0.504 e. The third kappa shape index (κ3) is 4.21. The number of para-hydroxylation sites is 1. The zero-order valence-corrected chi connectivity index (χ0v) is 27.1. The minimum absolute atomic E-state index is 0.0555. The van der Waals surface area contributed by atoms with Gasteiger partial charge in [-0.3, -0.25) is 24.1 Å². The number of hydrogen-bond donors (Lipinski definition) is 1. The number of phenols is 1. The summed E-state index contributed by atoms with van der Waals surface area (Å²) >= 11 is 8.06. The molecule has 2 aliphatic heterocycles. The van der Waals surface area contributed by atoms with Crippen molar-refractivity contribution in [1.82, 2.24) is 0 Å². The lowest BCUT2D eigenvalue weighted by atomic mass is 9.51. The number of amides is 4. The van der Waals surface area contributed by atoms with Crippen molar-refractivity contribution >= 4 is 69.2 Å². The van der Waals surface area contributed by atoms with E-state index < -0.39 is 52.6 Å². The highest BCUT2D eigenvalue weighted by atomic mass is 127. The number of halogens is 3. The van der Waals surface area contributed by atoms with Crippen LogP contribution in [0, 0.1) is 38.5 Å². The first kappa shape index (κ1) is 29.9. The van der Waals surface area contributed by atoms with Crippen molar-refractivity contribution in [1.29, 1.82) is 0 Å². The summed E-state index contributed by atoms with van der Waals surface area (Å²) in [5.74, 6) is -5.51. The molecule has 3 aromatic rings. The van der Waals surface area contributed by atoms with Gasteiger partial charge in [-0.25, -0.2) is 9.29 Å². The molecule has 4 aliphatic rings. The van der Waals surface area contributed by atoms with Gasteiger partial charge in [-0.2, -0.15) is 0 Å². The van der Waals surface area contributed by atoms with Crippen LogP contribution in [0.25, 0.3) is 0 Å². The Hall–Kier alpha value is -3.77. The maximum Gasteiger partial charge on any atom is 0.241 e. The lowest BCUT2D eigenvalue weighted by molar-refractivity contribution is -0.131. The van der Waals surface area contributed by atoms with Crippen molar-refractivity contribution in [2.24, 2.45) is 29.1 Å². The van der Waals surface area contributed by atoms with Crippen molar-refractivity contribution in [3.63, 3.8) is 0 Å². The smallest absolute Gasteiger partial charge is 0.241 e. The minimum Gasteiger partial charge on any atom is -0.504 e. The molecule has 0 bridgehead atoms. The Balaban J connectivity index is 1.40. The van der Waals surface area contributed by atoms with E-state index in [0.717, 1.165) is 16.5 Å². The van der Waals surface area contributed by atoms with E-state index in [1.165, 1.54) is 24.1 Å². The van der Waals surface area contributed by atoms with Crippen molar-refractivity contribution in [2.75, 3.05) is 16.9 Å². The maximum absolute atomic E-state index is 14.5. The number of phenolic OH excluding ortho intramolecular Hbond substituents is 1. The van der Waals surface area contributed by atoms with Gasteiger partial charge in [0.25, 0.3) is 0 Å². The molecule has 6 atom stereocenters. The van der Waals surface area contributed by atoms with Gasteiger partial charge in [0.2, 0.25) is 23.6 Å². The second-order valence-corrected chi connectivity index (χ2v) is 13.7. The van der Waals surface area contributed by atoms with Gasteiger partial charge in [0.05, 0.1) is 50.2 Å². The van der Waals surface area contributed by atoms with Crippen LogP contribution < -0.4 is 14.5 Å². The second-order valence-electron chi connectivity index (χ2n) is 12.2. The van der Waals surface area contributed by atoms with E-state index in [1.807, 2.05) is 34.7 Å². The van der Waals surface area contributed by atoms with Gasteiger partial charge in [-0.15, -0.1) is 0 Å². The number of benzene rings is 3. The van der Waals surface area contributed by atoms with Crippen LogP contribution in [0.3, 0.4) is 0 Å². The third-order valence-corrected chi connectivity index (χ3v) is 11.2. The number of hydrogen-bond acceptors (Lipinski definition) is 6. The summed E-state index contributed by atoms with van der Waals surface area (Å²) < 4.78 is 20.1. The van der Waals surface area contributed by atoms with Gasteiger partial charge in [0.1, 0.15) is 5.82 Å². The molecule has 1 saturated carbocycles. The number of methoxy groups -OCH3 is 1. The van der Waals surface area contributed by atoms with Crippen LogP contribution in [0.15, 0.2) is 72.3 Å². The van der Waals surface area contributed by atoms with Gasteiger partial charge in [0.15, 0.2) is 11.5 Å². The molecule has 2 aliphatic carbocycles. The van der Waals surface area contributed by atoms with E-state index >= 15 is 0 Å². The first-order valence-electron chi connectivity index (χ1n) is 14.5.